The van der Waals surface area contributed by atoms with Gasteiger partial charge >= 0.3 is 0 Å². The van der Waals surface area contributed by atoms with E-state index < -0.39 is 0 Å². The topological polar surface area (TPSA) is 30.5 Å². The highest BCUT2D eigenvalue weighted by Crippen LogP contribution is 2.24. The molecule has 0 unspecified atom stereocenters. The van der Waals surface area contributed by atoms with Crippen molar-refractivity contribution in [3.8, 4) is 23.8 Å². The molecule has 3 heteroatoms. The van der Waals surface area contributed by atoms with Crippen LogP contribution in [0.3, 0.4) is 0 Å². The Balaban J connectivity index is 2.83. The van der Waals surface area contributed by atoms with E-state index in [4.69, 9.17) is 15.9 Å². The Morgan fingerprint density at radius 1 is 1.44 bits per heavy atom. The highest BCUT2D eigenvalue weighted by atomic mass is 16.5. The van der Waals surface area contributed by atoms with Gasteiger partial charge in [-0.1, -0.05) is 12.8 Å². The minimum absolute atomic E-state index is 0.283. The number of benzene rings is 1. The molecule has 0 aliphatic carbocycles. The Kier molecular flexibility index (Phi) is 5.24. The van der Waals surface area contributed by atoms with Crippen molar-refractivity contribution in [2.45, 2.75) is 13.5 Å². The van der Waals surface area contributed by atoms with Gasteiger partial charge in [-0.2, -0.15) is 0 Å². The average Bonchev–Trinajstić information content (AvgIpc) is 2.34. The average molecular weight is 219 g/mol. The second kappa shape index (κ2) is 6.76. The van der Waals surface area contributed by atoms with Crippen molar-refractivity contribution in [3.05, 3.63) is 23.8 Å². The van der Waals surface area contributed by atoms with E-state index in [2.05, 4.69) is 18.2 Å². The number of methoxy groups -OCH3 is 1. The van der Waals surface area contributed by atoms with Crippen molar-refractivity contribution >= 4 is 0 Å². The second-order valence-corrected chi connectivity index (χ2v) is 3.25. The Morgan fingerprint density at radius 3 is 2.88 bits per heavy atom. The first-order valence-corrected chi connectivity index (χ1v) is 5.25. The molecule has 86 valence electrons. The van der Waals surface area contributed by atoms with Crippen LogP contribution in [0.15, 0.2) is 18.2 Å². The smallest absolute Gasteiger partial charge is 0.148 e. The lowest BCUT2D eigenvalue weighted by Crippen LogP contribution is -2.13. The van der Waals surface area contributed by atoms with Crippen LogP contribution in [-0.4, -0.2) is 20.3 Å². The van der Waals surface area contributed by atoms with Gasteiger partial charge in [-0.25, -0.2) is 0 Å². The van der Waals surface area contributed by atoms with Crippen LogP contribution in [0.25, 0.3) is 0 Å². The molecule has 0 bridgehead atoms. The number of nitrogens with one attached hydrogen (secondary N) is 1. The molecule has 0 saturated carbocycles. The quantitative estimate of drug-likeness (QED) is 0.740. The van der Waals surface area contributed by atoms with Gasteiger partial charge < -0.3 is 14.8 Å². The third-order valence-corrected chi connectivity index (χ3v) is 2.14. The van der Waals surface area contributed by atoms with Crippen LogP contribution in [0.4, 0.5) is 0 Å². The number of hydrogen-bond donors (Lipinski definition) is 1. The fourth-order valence-electron chi connectivity index (χ4n) is 1.34. The van der Waals surface area contributed by atoms with E-state index in [-0.39, 0.29) is 6.61 Å². The van der Waals surface area contributed by atoms with Gasteiger partial charge in [0, 0.05) is 12.1 Å². The maximum Gasteiger partial charge on any atom is 0.148 e. The van der Waals surface area contributed by atoms with Crippen molar-refractivity contribution in [1.29, 1.82) is 0 Å². The van der Waals surface area contributed by atoms with Crippen molar-refractivity contribution in [2.24, 2.45) is 0 Å². The van der Waals surface area contributed by atoms with Gasteiger partial charge in [0.1, 0.15) is 18.1 Å². The van der Waals surface area contributed by atoms with E-state index >= 15 is 0 Å². The Labute approximate surface area is 96.8 Å². The maximum atomic E-state index is 5.45. The molecule has 0 spiro atoms. The minimum atomic E-state index is 0.283. The van der Waals surface area contributed by atoms with Gasteiger partial charge in [0.05, 0.1) is 7.11 Å². The van der Waals surface area contributed by atoms with Crippen LogP contribution in [0, 0.1) is 12.3 Å². The fourth-order valence-corrected chi connectivity index (χ4v) is 1.34. The lowest BCUT2D eigenvalue weighted by Gasteiger charge is -2.11. The zero-order valence-corrected chi connectivity index (χ0v) is 9.75. The van der Waals surface area contributed by atoms with E-state index in [0.29, 0.717) is 0 Å². The zero-order valence-electron chi connectivity index (χ0n) is 9.75. The summed E-state index contributed by atoms with van der Waals surface area (Å²) in [7, 11) is 1.65. The first kappa shape index (κ1) is 12.4. The molecule has 0 aliphatic rings. The molecule has 0 atom stereocenters. The van der Waals surface area contributed by atoms with Crippen LogP contribution < -0.4 is 14.8 Å². The molecule has 0 aromatic heterocycles. The first-order valence-electron chi connectivity index (χ1n) is 5.25. The van der Waals surface area contributed by atoms with E-state index in [0.717, 1.165) is 30.2 Å². The Hall–Kier alpha value is -1.66. The van der Waals surface area contributed by atoms with Gasteiger partial charge in [0.25, 0.3) is 0 Å². The third-order valence-electron chi connectivity index (χ3n) is 2.14. The summed E-state index contributed by atoms with van der Waals surface area (Å²) in [4.78, 5) is 0. The van der Waals surface area contributed by atoms with Gasteiger partial charge in [0.15, 0.2) is 0 Å². The van der Waals surface area contributed by atoms with Crippen molar-refractivity contribution < 1.29 is 9.47 Å². The Morgan fingerprint density at radius 2 is 2.25 bits per heavy atom. The molecule has 0 fully saturated rings. The van der Waals surface area contributed by atoms with Gasteiger partial charge in [-0.3, -0.25) is 0 Å². The summed E-state index contributed by atoms with van der Waals surface area (Å²) < 4.78 is 10.6. The number of ether oxygens (including phenoxy) is 2. The molecule has 1 aromatic carbocycles. The van der Waals surface area contributed by atoms with Crippen LogP contribution in [0.2, 0.25) is 0 Å². The number of terminal acetylenes is 1. The fraction of sp³-hybridized carbons (Fsp3) is 0.385. The lowest BCUT2D eigenvalue weighted by molar-refractivity contribution is 0.362. The van der Waals surface area contributed by atoms with Crippen LogP contribution in [0.1, 0.15) is 12.5 Å². The van der Waals surface area contributed by atoms with Gasteiger partial charge in [-0.15, -0.1) is 6.42 Å². The van der Waals surface area contributed by atoms with Crippen LogP contribution >= 0.6 is 0 Å². The molecule has 0 amide bonds. The Bertz CT molecular complexity index is 369. The SMILES string of the molecule is C#CCOc1ccc(OC)cc1CNCC. The summed E-state index contributed by atoms with van der Waals surface area (Å²) >= 11 is 0. The van der Waals surface area contributed by atoms with Crippen molar-refractivity contribution in [2.75, 3.05) is 20.3 Å². The van der Waals surface area contributed by atoms with Crippen molar-refractivity contribution in [3.63, 3.8) is 0 Å². The molecule has 1 rings (SSSR count). The minimum Gasteiger partial charge on any atom is -0.497 e. The zero-order chi connectivity index (χ0) is 11.8. The molecule has 1 aromatic rings. The molecule has 16 heavy (non-hydrogen) atoms. The number of hydrogen-bond acceptors (Lipinski definition) is 3. The lowest BCUT2D eigenvalue weighted by atomic mass is 10.2. The largest absolute Gasteiger partial charge is 0.497 e. The first-order chi connectivity index (χ1) is 7.81. The molecule has 1 N–H and O–H groups in total. The normalized spacial score (nSPS) is 9.56. The van der Waals surface area contributed by atoms with Crippen LogP contribution in [0.5, 0.6) is 11.5 Å². The summed E-state index contributed by atoms with van der Waals surface area (Å²) in [6, 6.07) is 5.69. The van der Waals surface area contributed by atoms with Crippen LogP contribution in [-0.2, 0) is 6.54 Å². The summed E-state index contributed by atoms with van der Waals surface area (Å²) in [5.41, 5.74) is 1.05. The molecule has 0 radical (unpaired) electrons. The summed E-state index contributed by atoms with van der Waals surface area (Å²) in [6.07, 6.45) is 5.17. The highest BCUT2D eigenvalue weighted by molar-refractivity contribution is 5.40. The van der Waals surface area contributed by atoms with Crippen molar-refractivity contribution in [1.82, 2.24) is 5.32 Å². The molecule has 0 heterocycles. The van der Waals surface area contributed by atoms with E-state index in [1.165, 1.54) is 0 Å². The molecule has 0 aliphatic heterocycles. The van der Waals surface area contributed by atoms with Gasteiger partial charge in [0.2, 0.25) is 0 Å². The summed E-state index contributed by atoms with van der Waals surface area (Å²) in [6.45, 7) is 3.99. The number of rotatable bonds is 6. The predicted octanol–water partition coefficient (Wildman–Crippen LogP) is 1.82. The monoisotopic (exact) mass is 219 g/mol. The molecule has 3 nitrogen and oxygen atoms in total. The predicted molar refractivity (Wildman–Crippen MR) is 64.7 cm³/mol. The molecular formula is C13H17NO2. The van der Waals surface area contributed by atoms with E-state index in [1.54, 1.807) is 7.11 Å². The van der Waals surface area contributed by atoms with E-state index in [1.807, 2.05) is 18.2 Å². The molecule has 0 saturated heterocycles. The molecular weight excluding hydrogens is 202 g/mol. The summed E-state index contributed by atoms with van der Waals surface area (Å²) in [5.74, 6) is 4.08. The van der Waals surface area contributed by atoms with E-state index in [9.17, 15) is 0 Å². The second-order valence-electron chi connectivity index (χ2n) is 3.25. The highest BCUT2D eigenvalue weighted by Gasteiger charge is 2.04. The third kappa shape index (κ3) is 3.48. The standard InChI is InChI=1S/C13H17NO2/c1-4-8-16-13-7-6-12(15-3)9-11(13)10-14-5-2/h1,6-7,9,14H,5,8,10H2,2-3H3. The van der Waals surface area contributed by atoms with Gasteiger partial charge in [-0.05, 0) is 24.7 Å². The maximum absolute atomic E-state index is 5.45. The summed E-state index contributed by atoms with van der Waals surface area (Å²) in [5, 5.41) is 3.25.